The minimum absolute atomic E-state index is 0. The Morgan fingerprint density at radius 3 is 2.46 bits per heavy atom. The van der Waals surface area contributed by atoms with Crippen molar-refractivity contribution < 1.29 is 4.79 Å². The molecule has 3 N–H and O–H groups in total. The van der Waals surface area contributed by atoms with Crippen molar-refractivity contribution in [2.45, 2.75) is 19.8 Å². The lowest BCUT2D eigenvalue weighted by Gasteiger charge is -2.15. The summed E-state index contributed by atoms with van der Waals surface area (Å²) in [6.45, 7) is 3.92. The van der Waals surface area contributed by atoms with E-state index in [0.29, 0.717) is 17.1 Å². The number of aryl methyl sites for hydroxylation is 1. The molecule has 0 unspecified atom stereocenters. The molecule has 130 valence electrons. The van der Waals surface area contributed by atoms with Crippen LogP contribution in [0.3, 0.4) is 0 Å². The molecule has 0 radical (unpaired) electrons. The van der Waals surface area contributed by atoms with Crippen molar-refractivity contribution in [2.75, 3.05) is 29.0 Å². The quantitative estimate of drug-likeness (QED) is 0.812. The first kappa shape index (κ1) is 20.0. The van der Waals surface area contributed by atoms with Crippen LogP contribution in [0.15, 0.2) is 30.3 Å². The van der Waals surface area contributed by atoms with E-state index in [4.69, 9.17) is 5.73 Å². The van der Waals surface area contributed by atoms with Gasteiger partial charge in [-0.3, -0.25) is 4.79 Å². The lowest BCUT2D eigenvalue weighted by atomic mass is 10.2. The molecule has 0 aliphatic carbocycles. The third-order valence-corrected chi connectivity index (χ3v) is 3.82. The van der Waals surface area contributed by atoms with E-state index in [1.54, 1.807) is 18.2 Å². The molecule has 0 bridgehead atoms. The fraction of sp³-hybridized carbons (Fsp3) is 0.312. The fourth-order valence-corrected chi connectivity index (χ4v) is 2.52. The van der Waals surface area contributed by atoms with Crippen molar-refractivity contribution in [2.24, 2.45) is 0 Å². The second-order valence-electron chi connectivity index (χ2n) is 5.50. The number of nitrogens with two attached hydrogens (primary N) is 1. The predicted octanol–water partition coefficient (Wildman–Crippen LogP) is 3.06. The molecule has 1 aromatic carbocycles. The van der Waals surface area contributed by atoms with Crippen molar-refractivity contribution in [1.82, 2.24) is 10.2 Å². The van der Waals surface area contributed by atoms with Crippen LogP contribution in [-0.4, -0.2) is 29.2 Å². The second-order valence-corrected chi connectivity index (χ2v) is 5.50. The van der Waals surface area contributed by atoms with Gasteiger partial charge in [0.15, 0.2) is 11.5 Å². The molecule has 1 aliphatic heterocycles. The Morgan fingerprint density at radius 2 is 1.83 bits per heavy atom. The monoisotopic (exact) mass is 369 g/mol. The van der Waals surface area contributed by atoms with Crippen LogP contribution in [0, 0.1) is 6.92 Å². The molecule has 1 saturated heterocycles. The van der Waals surface area contributed by atoms with E-state index in [0.717, 1.165) is 24.5 Å². The highest BCUT2D eigenvalue weighted by molar-refractivity contribution is 6.03. The Bertz CT molecular complexity index is 687. The molecule has 0 atom stereocenters. The molecule has 1 aromatic heterocycles. The summed E-state index contributed by atoms with van der Waals surface area (Å²) in [5.74, 6) is 0.545. The summed E-state index contributed by atoms with van der Waals surface area (Å²) in [7, 11) is 0. The van der Waals surface area contributed by atoms with Gasteiger partial charge in [-0.1, -0.05) is 6.07 Å². The van der Waals surface area contributed by atoms with Crippen LogP contribution >= 0.6 is 24.8 Å². The summed E-state index contributed by atoms with van der Waals surface area (Å²) < 4.78 is 0. The minimum Gasteiger partial charge on any atom is -0.399 e. The van der Waals surface area contributed by atoms with Crippen LogP contribution in [0.1, 0.15) is 28.9 Å². The largest absolute Gasteiger partial charge is 0.399 e. The Hall–Kier alpha value is -2.05. The van der Waals surface area contributed by atoms with Gasteiger partial charge in [0.05, 0.1) is 0 Å². The standard InChI is InChI=1S/C16H19N5O.2ClH/c1-11-4-5-12(17)10-14(11)18-16(22)13-6-7-15(20-19-13)21-8-2-3-9-21;;/h4-7,10H,2-3,8-9,17H2,1H3,(H,18,22);2*1H. The van der Waals surface area contributed by atoms with Gasteiger partial charge in [0.25, 0.3) is 5.91 Å². The summed E-state index contributed by atoms with van der Waals surface area (Å²) >= 11 is 0. The van der Waals surface area contributed by atoms with Crippen molar-refractivity contribution in [1.29, 1.82) is 0 Å². The maximum Gasteiger partial charge on any atom is 0.276 e. The summed E-state index contributed by atoms with van der Waals surface area (Å²) in [5, 5.41) is 11.0. The van der Waals surface area contributed by atoms with E-state index >= 15 is 0 Å². The number of amides is 1. The maximum atomic E-state index is 12.2. The van der Waals surface area contributed by atoms with Gasteiger partial charge in [0, 0.05) is 24.5 Å². The first-order valence-electron chi connectivity index (χ1n) is 7.39. The van der Waals surface area contributed by atoms with E-state index in [2.05, 4.69) is 20.4 Å². The minimum atomic E-state index is -0.283. The zero-order chi connectivity index (χ0) is 15.5. The van der Waals surface area contributed by atoms with Crippen molar-refractivity contribution >= 4 is 47.9 Å². The van der Waals surface area contributed by atoms with Crippen LogP contribution in [0.4, 0.5) is 17.2 Å². The Labute approximate surface area is 153 Å². The Balaban J connectivity index is 0.00000144. The topological polar surface area (TPSA) is 84.1 Å². The average molecular weight is 370 g/mol. The number of carbonyl (C=O) groups is 1. The van der Waals surface area contributed by atoms with Gasteiger partial charge in [0.1, 0.15) is 0 Å². The summed E-state index contributed by atoms with van der Waals surface area (Å²) in [6.07, 6.45) is 2.36. The second kappa shape index (κ2) is 8.70. The maximum absolute atomic E-state index is 12.2. The number of nitrogens with one attached hydrogen (secondary N) is 1. The number of carbonyl (C=O) groups excluding carboxylic acids is 1. The van der Waals surface area contributed by atoms with Crippen molar-refractivity contribution in [3.05, 3.63) is 41.6 Å². The summed E-state index contributed by atoms with van der Waals surface area (Å²) in [6, 6.07) is 8.96. The molecule has 1 fully saturated rings. The first-order valence-corrected chi connectivity index (χ1v) is 7.39. The van der Waals surface area contributed by atoms with Crippen LogP contribution < -0.4 is 16.0 Å². The Morgan fingerprint density at radius 1 is 1.12 bits per heavy atom. The van der Waals surface area contributed by atoms with Crippen LogP contribution in [0.25, 0.3) is 0 Å². The molecule has 24 heavy (non-hydrogen) atoms. The van der Waals surface area contributed by atoms with E-state index in [-0.39, 0.29) is 30.7 Å². The van der Waals surface area contributed by atoms with Gasteiger partial charge in [0.2, 0.25) is 0 Å². The summed E-state index contributed by atoms with van der Waals surface area (Å²) in [4.78, 5) is 14.4. The first-order chi connectivity index (χ1) is 10.6. The molecule has 8 heteroatoms. The van der Waals surface area contributed by atoms with Gasteiger partial charge in [-0.05, 0) is 49.6 Å². The molecule has 2 heterocycles. The van der Waals surface area contributed by atoms with E-state index in [1.807, 2.05) is 19.1 Å². The smallest absolute Gasteiger partial charge is 0.276 e. The average Bonchev–Trinajstić information content (AvgIpc) is 3.05. The predicted molar refractivity (Wildman–Crippen MR) is 102 cm³/mol. The highest BCUT2D eigenvalue weighted by Gasteiger charge is 2.15. The van der Waals surface area contributed by atoms with Gasteiger partial charge in [-0.25, -0.2) is 0 Å². The number of benzene rings is 1. The summed E-state index contributed by atoms with van der Waals surface area (Å²) in [5.41, 5.74) is 8.29. The number of anilines is 3. The fourth-order valence-electron chi connectivity index (χ4n) is 2.52. The molecule has 0 spiro atoms. The van der Waals surface area contributed by atoms with Gasteiger partial charge in [-0.15, -0.1) is 35.0 Å². The third kappa shape index (κ3) is 4.49. The lowest BCUT2D eigenvalue weighted by molar-refractivity contribution is 0.102. The number of hydrogen-bond acceptors (Lipinski definition) is 5. The number of hydrogen-bond donors (Lipinski definition) is 2. The molecule has 1 amide bonds. The zero-order valence-electron chi connectivity index (χ0n) is 13.4. The molecule has 2 aromatic rings. The molecule has 0 saturated carbocycles. The Kier molecular flexibility index (Phi) is 7.25. The SMILES string of the molecule is Cc1ccc(N)cc1NC(=O)c1ccc(N2CCCC2)nn1.Cl.Cl. The number of rotatable bonds is 3. The highest BCUT2D eigenvalue weighted by atomic mass is 35.5. The number of aromatic nitrogens is 2. The molecular formula is C16H21Cl2N5O. The van der Waals surface area contributed by atoms with E-state index in [1.165, 1.54) is 12.8 Å². The number of nitrogen functional groups attached to an aromatic ring is 1. The molecule has 3 rings (SSSR count). The van der Waals surface area contributed by atoms with Crippen LogP contribution in [0.2, 0.25) is 0 Å². The molecule has 6 nitrogen and oxygen atoms in total. The van der Waals surface area contributed by atoms with Crippen LogP contribution in [0.5, 0.6) is 0 Å². The van der Waals surface area contributed by atoms with Gasteiger partial charge in [-0.2, -0.15) is 0 Å². The van der Waals surface area contributed by atoms with Gasteiger partial charge >= 0.3 is 0 Å². The number of halogens is 2. The van der Waals surface area contributed by atoms with E-state index in [9.17, 15) is 4.79 Å². The lowest BCUT2D eigenvalue weighted by Crippen LogP contribution is -2.21. The van der Waals surface area contributed by atoms with E-state index < -0.39 is 0 Å². The molecular weight excluding hydrogens is 349 g/mol. The normalized spacial score (nSPS) is 13.0. The third-order valence-electron chi connectivity index (χ3n) is 3.82. The zero-order valence-corrected chi connectivity index (χ0v) is 15.0. The van der Waals surface area contributed by atoms with Crippen LogP contribution in [-0.2, 0) is 0 Å². The van der Waals surface area contributed by atoms with Gasteiger partial charge < -0.3 is 16.0 Å². The molecule has 1 aliphatic rings. The number of nitrogens with zero attached hydrogens (tertiary/aromatic N) is 3. The highest BCUT2D eigenvalue weighted by Crippen LogP contribution is 2.20. The van der Waals surface area contributed by atoms with Crippen molar-refractivity contribution in [3.8, 4) is 0 Å². The van der Waals surface area contributed by atoms with Crippen molar-refractivity contribution in [3.63, 3.8) is 0 Å².